The summed E-state index contributed by atoms with van der Waals surface area (Å²) < 4.78 is 42.0. The summed E-state index contributed by atoms with van der Waals surface area (Å²) in [4.78, 5) is 11.5. The smallest absolute Gasteiger partial charge is 0.374 e. The zero-order valence-electron chi connectivity index (χ0n) is 13.0. The van der Waals surface area contributed by atoms with Gasteiger partial charge in [-0.1, -0.05) is 11.6 Å². The third kappa shape index (κ3) is 4.28. The van der Waals surface area contributed by atoms with Crippen molar-refractivity contribution in [1.29, 1.82) is 0 Å². The second kappa shape index (κ2) is 7.69. The largest absolute Gasteiger partial charge is 0.495 e. The van der Waals surface area contributed by atoms with Crippen LogP contribution in [0, 0.1) is 0 Å². The third-order valence-electron chi connectivity index (χ3n) is 3.01. The Morgan fingerprint density at radius 2 is 2.04 bits per heavy atom. The molecule has 0 aliphatic rings. The first-order valence-electron chi connectivity index (χ1n) is 6.96. The van der Waals surface area contributed by atoms with Crippen LogP contribution in [0.4, 0.5) is 0 Å². The van der Waals surface area contributed by atoms with Gasteiger partial charge in [0.15, 0.2) is 0 Å². The van der Waals surface area contributed by atoms with E-state index in [1.807, 2.05) is 0 Å². The highest BCUT2D eigenvalue weighted by Gasteiger charge is 2.18. The van der Waals surface area contributed by atoms with E-state index in [2.05, 4.69) is 4.72 Å². The number of hydrogen-bond acceptors (Lipinski definition) is 6. The molecule has 2 rings (SSSR count). The van der Waals surface area contributed by atoms with Crippen LogP contribution in [-0.2, 0) is 21.3 Å². The average molecular weight is 374 g/mol. The number of methoxy groups -OCH3 is 1. The number of halogens is 1. The molecule has 0 aliphatic heterocycles. The van der Waals surface area contributed by atoms with Gasteiger partial charge in [0.1, 0.15) is 11.5 Å². The van der Waals surface area contributed by atoms with Crippen molar-refractivity contribution in [2.45, 2.75) is 18.4 Å². The van der Waals surface area contributed by atoms with Crippen molar-refractivity contribution in [3.63, 3.8) is 0 Å². The number of esters is 1. The number of carbonyl (C=O) groups excluding carboxylic acids is 1. The summed E-state index contributed by atoms with van der Waals surface area (Å²) in [6.45, 7) is 1.78. The molecule has 0 saturated carbocycles. The number of sulfonamides is 1. The lowest BCUT2D eigenvalue weighted by atomic mass is 10.3. The molecule has 0 saturated heterocycles. The normalized spacial score (nSPS) is 11.3. The maximum absolute atomic E-state index is 12.3. The lowest BCUT2D eigenvalue weighted by Crippen LogP contribution is -2.23. The van der Waals surface area contributed by atoms with E-state index in [1.54, 1.807) is 6.92 Å². The number of furan rings is 1. The van der Waals surface area contributed by atoms with Crippen LogP contribution in [0.5, 0.6) is 5.75 Å². The lowest BCUT2D eigenvalue weighted by molar-refractivity contribution is 0.0488. The van der Waals surface area contributed by atoms with Crippen LogP contribution in [0.2, 0.25) is 5.02 Å². The van der Waals surface area contributed by atoms with E-state index >= 15 is 0 Å². The van der Waals surface area contributed by atoms with Crippen molar-refractivity contribution in [1.82, 2.24) is 4.72 Å². The van der Waals surface area contributed by atoms with E-state index in [0.717, 1.165) is 0 Å². The Kier molecular flexibility index (Phi) is 5.87. The third-order valence-corrected chi connectivity index (χ3v) is 4.72. The zero-order valence-corrected chi connectivity index (χ0v) is 14.6. The molecule has 1 aromatic heterocycles. The summed E-state index contributed by atoms with van der Waals surface area (Å²) in [6, 6.07) is 7.03. The fourth-order valence-corrected chi connectivity index (χ4v) is 3.04. The molecule has 0 atom stereocenters. The van der Waals surface area contributed by atoms with Gasteiger partial charge in [-0.05, 0) is 31.2 Å². The Morgan fingerprint density at radius 3 is 2.71 bits per heavy atom. The molecule has 2 aromatic rings. The van der Waals surface area contributed by atoms with Crippen molar-refractivity contribution < 1.29 is 27.1 Å². The van der Waals surface area contributed by atoms with Crippen molar-refractivity contribution in [3.8, 4) is 5.75 Å². The fourth-order valence-electron chi connectivity index (χ4n) is 1.84. The van der Waals surface area contributed by atoms with Crippen molar-refractivity contribution in [2.75, 3.05) is 13.7 Å². The maximum atomic E-state index is 12.3. The topological polar surface area (TPSA) is 94.8 Å². The van der Waals surface area contributed by atoms with Gasteiger partial charge in [0.05, 0.1) is 30.2 Å². The van der Waals surface area contributed by atoms with Gasteiger partial charge in [-0.15, -0.1) is 0 Å². The Balaban J connectivity index is 2.09. The summed E-state index contributed by atoms with van der Waals surface area (Å²) in [5.41, 5.74) is 0. The molecular formula is C15H16ClNO6S. The first-order chi connectivity index (χ1) is 11.4. The molecule has 0 aliphatic carbocycles. The summed E-state index contributed by atoms with van der Waals surface area (Å²) in [5, 5.41) is 0.307. The number of hydrogen-bond donors (Lipinski definition) is 1. The van der Waals surface area contributed by atoms with Gasteiger partial charge in [0.2, 0.25) is 15.8 Å². The second-order valence-electron chi connectivity index (χ2n) is 4.61. The van der Waals surface area contributed by atoms with Crippen LogP contribution < -0.4 is 9.46 Å². The molecule has 0 bridgehead atoms. The van der Waals surface area contributed by atoms with Crippen LogP contribution in [-0.4, -0.2) is 28.1 Å². The first kappa shape index (κ1) is 18.3. The molecular weight excluding hydrogens is 358 g/mol. The molecule has 130 valence electrons. The van der Waals surface area contributed by atoms with E-state index < -0.39 is 16.0 Å². The SMILES string of the molecule is CCOC(=O)c1ccc(CNS(=O)(=O)c2ccc(Cl)c(OC)c2)o1. The Morgan fingerprint density at radius 1 is 1.29 bits per heavy atom. The minimum atomic E-state index is -3.79. The van der Waals surface area contributed by atoms with E-state index in [0.29, 0.717) is 5.02 Å². The quantitative estimate of drug-likeness (QED) is 0.749. The second-order valence-corrected chi connectivity index (χ2v) is 6.78. The monoisotopic (exact) mass is 373 g/mol. The van der Waals surface area contributed by atoms with E-state index in [1.165, 1.54) is 37.4 Å². The number of ether oxygens (including phenoxy) is 2. The van der Waals surface area contributed by atoms with Crippen molar-refractivity contribution in [2.24, 2.45) is 0 Å². The molecule has 0 unspecified atom stereocenters. The molecule has 1 aromatic carbocycles. The van der Waals surface area contributed by atoms with Gasteiger partial charge < -0.3 is 13.9 Å². The van der Waals surface area contributed by atoms with Gasteiger partial charge in [0, 0.05) is 6.07 Å². The van der Waals surface area contributed by atoms with E-state index in [-0.39, 0.29) is 35.3 Å². The predicted octanol–water partition coefficient (Wildman–Crippen LogP) is 2.60. The van der Waals surface area contributed by atoms with Gasteiger partial charge in [-0.2, -0.15) is 0 Å². The van der Waals surface area contributed by atoms with Gasteiger partial charge >= 0.3 is 5.97 Å². The molecule has 7 nitrogen and oxygen atoms in total. The molecule has 0 radical (unpaired) electrons. The Hall–Kier alpha value is -2.03. The van der Waals surface area contributed by atoms with Crippen LogP contribution in [0.25, 0.3) is 0 Å². The minimum absolute atomic E-state index is 0.000854. The standard InChI is InChI=1S/C15H16ClNO6S/c1-3-22-15(18)13-7-4-10(23-13)9-17-24(19,20)11-5-6-12(16)14(8-11)21-2/h4-8,17H,3,9H2,1-2H3. The number of benzene rings is 1. The zero-order chi connectivity index (χ0) is 17.7. The van der Waals surface area contributed by atoms with Crippen LogP contribution in [0.15, 0.2) is 39.6 Å². The first-order valence-corrected chi connectivity index (χ1v) is 8.82. The average Bonchev–Trinajstić information content (AvgIpc) is 3.03. The molecule has 0 spiro atoms. The molecule has 9 heteroatoms. The number of rotatable bonds is 7. The Labute approximate surface area is 144 Å². The highest BCUT2D eigenvalue weighted by molar-refractivity contribution is 7.89. The molecule has 0 amide bonds. The van der Waals surface area contributed by atoms with Crippen molar-refractivity contribution >= 4 is 27.6 Å². The van der Waals surface area contributed by atoms with Crippen LogP contribution in [0.1, 0.15) is 23.2 Å². The fraction of sp³-hybridized carbons (Fsp3) is 0.267. The number of nitrogens with one attached hydrogen (secondary N) is 1. The van der Waals surface area contributed by atoms with Crippen LogP contribution in [0.3, 0.4) is 0 Å². The van der Waals surface area contributed by atoms with Gasteiger partial charge in [-0.25, -0.2) is 17.9 Å². The molecule has 24 heavy (non-hydrogen) atoms. The predicted molar refractivity (Wildman–Crippen MR) is 86.7 cm³/mol. The summed E-state index contributed by atoms with van der Waals surface area (Å²) in [6.07, 6.45) is 0. The summed E-state index contributed by atoms with van der Waals surface area (Å²) >= 11 is 5.88. The molecule has 1 heterocycles. The molecule has 1 N–H and O–H groups in total. The van der Waals surface area contributed by atoms with Crippen LogP contribution >= 0.6 is 11.6 Å². The minimum Gasteiger partial charge on any atom is -0.495 e. The van der Waals surface area contributed by atoms with Crippen molar-refractivity contribution in [3.05, 3.63) is 46.9 Å². The van der Waals surface area contributed by atoms with Gasteiger partial charge in [-0.3, -0.25) is 0 Å². The lowest BCUT2D eigenvalue weighted by Gasteiger charge is -2.08. The highest BCUT2D eigenvalue weighted by atomic mass is 35.5. The highest BCUT2D eigenvalue weighted by Crippen LogP contribution is 2.27. The Bertz CT molecular complexity index is 830. The van der Waals surface area contributed by atoms with Gasteiger partial charge in [0.25, 0.3) is 0 Å². The number of carbonyl (C=O) groups is 1. The molecule has 0 fully saturated rings. The van der Waals surface area contributed by atoms with E-state index in [9.17, 15) is 13.2 Å². The summed E-state index contributed by atoms with van der Waals surface area (Å²) in [7, 11) is -2.40. The summed E-state index contributed by atoms with van der Waals surface area (Å²) in [5.74, 6) is -0.0575. The van der Waals surface area contributed by atoms with E-state index in [4.69, 9.17) is 25.5 Å². The maximum Gasteiger partial charge on any atom is 0.374 e.